The lowest BCUT2D eigenvalue weighted by molar-refractivity contribution is 0.173. The van der Waals surface area contributed by atoms with E-state index in [-0.39, 0.29) is 0 Å². The number of likely N-dealkylation sites (tertiary alicyclic amines) is 1. The van der Waals surface area contributed by atoms with E-state index in [1.165, 1.54) is 37.4 Å². The summed E-state index contributed by atoms with van der Waals surface area (Å²) in [5, 5.41) is 0. The van der Waals surface area contributed by atoms with Gasteiger partial charge in [-0.25, -0.2) is 0 Å². The number of hydrogen-bond donors (Lipinski definition) is 1. The fraction of sp³-hybridized carbons (Fsp3) is 1.00. The van der Waals surface area contributed by atoms with Crippen molar-refractivity contribution < 1.29 is 0 Å². The third-order valence-electron chi connectivity index (χ3n) is 3.93. The molecule has 15 heavy (non-hydrogen) atoms. The maximum Gasteiger partial charge on any atom is 0.0255 e. The van der Waals surface area contributed by atoms with E-state index in [0.29, 0.717) is 11.5 Å². The zero-order valence-corrected chi connectivity index (χ0v) is 10.9. The van der Waals surface area contributed by atoms with Gasteiger partial charge in [0, 0.05) is 19.1 Å². The van der Waals surface area contributed by atoms with Crippen molar-refractivity contribution in [2.45, 2.75) is 32.7 Å². The SMILES string of the molecule is CC1(C)CCN(C(CN)C2CCSC2)C1. The maximum absolute atomic E-state index is 5.97. The van der Waals surface area contributed by atoms with Crippen LogP contribution < -0.4 is 5.73 Å². The first-order valence-corrected chi connectivity index (χ1v) is 7.30. The van der Waals surface area contributed by atoms with Crippen molar-refractivity contribution in [1.29, 1.82) is 0 Å². The highest BCUT2D eigenvalue weighted by molar-refractivity contribution is 7.99. The largest absolute Gasteiger partial charge is 0.329 e. The molecule has 0 aliphatic carbocycles. The molecule has 0 saturated carbocycles. The first-order valence-electron chi connectivity index (χ1n) is 6.14. The first kappa shape index (κ1) is 11.7. The van der Waals surface area contributed by atoms with Crippen LogP contribution in [0.4, 0.5) is 0 Å². The van der Waals surface area contributed by atoms with Crippen molar-refractivity contribution in [2.75, 3.05) is 31.1 Å². The van der Waals surface area contributed by atoms with Gasteiger partial charge in [0.25, 0.3) is 0 Å². The lowest BCUT2D eigenvalue weighted by atomic mass is 9.92. The van der Waals surface area contributed by atoms with E-state index >= 15 is 0 Å². The van der Waals surface area contributed by atoms with Gasteiger partial charge in [0.15, 0.2) is 0 Å². The van der Waals surface area contributed by atoms with Crippen LogP contribution >= 0.6 is 11.8 Å². The van der Waals surface area contributed by atoms with Crippen LogP contribution in [0.5, 0.6) is 0 Å². The summed E-state index contributed by atoms with van der Waals surface area (Å²) in [5.41, 5.74) is 6.48. The average Bonchev–Trinajstić information content (AvgIpc) is 2.77. The number of nitrogens with two attached hydrogens (primary N) is 1. The molecule has 2 unspecified atom stereocenters. The topological polar surface area (TPSA) is 29.3 Å². The Morgan fingerprint density at radius 3 is 2.80 bits per heavy atom. The fourth-order valence-electron chi connectivity index (χ4n) is 2.93. The van der Waals surface area contributed by atoms with Gasteiger partial charge >= 0.3 is 0 Å². The molecule has 2 rings (SSSR count). The molecule has 2 aliphatic rings. The molecule has 2 atom stereocenters. The second kappa shape index (κ2) is 4.64. The smallest absolute Gasteiger partial charge is 0.0255 e. The second-order valence-corrected chi connectivity index (χ2v) is 6.96. The van der Waals surface area contributed by atoms with E-state index in [9.17, 15) is 0 Å². The molecule has 2 fully saturated rings. The first-order chi connectivity index (χ1) is 7.12. The molecule has 2 aliphatic heterocycles. The molecule has 0 amide bonds. The quantitative estimate of drug-likeness (QED) is 0.799. The van der Waals surface area contributed by atoms with Crippen LogP contribution in [0, 0.1) is 11.3 Å². The molecule has 0 aromatic heterocycles. The summed E-state index contributed by atoms with van der Waals surface area (Å²) in [4.78, 5) is 2.65. The summed E-state index contributed by atoms with van der Waals surface area (Å²) in [7, 11) is 0. The Morgan fingerprint density at radius 1 is 1.53 bits per heavy atom. The van der Waals surface area contributed by atoms with Crippen molar-refractivity contribution >= 4 is 11.8 Å². The molecular weight excluding hydrogens is 204 g/mol. The van der Waals surface area contributed by atoms with Crippen LogP contribution in [0.1, 0.15) is 26.7 Å². The summed E-state index contributed by atoms with van der Waals surface area (Å²) >= 11 is 2.10. The van der Waals surface area contributed by atoms with E-state index in [2.05, 4.69) is 30.5 Å². The van der Waals surface area contributed by atoms with Crippen LogP contribution in [0.25, 0.3) is 0 Å². The van der Waals surface area contributed by atoms with Crippen molar-refractivity contribution in [2.24, 2.45) is 17.1 Å². The van der Waals surface area contributed by atoms with Gasteiger partial charge in [0.1, 0.15) is 0 Å². The molecule has 2 N–H and O–H groups in total. The summed E-state index contributed by atoms with van der Waals surface area (Å²) in [6, 6.07) is 0.654. The number of thioether (sulfide) groups is 1. The molecule has 0 bridgehead atoms. The predicted octanol–water partition coefficient (Wildman–Crippen LogP) is 1.80. The summed E-state index contributed by atoms with van der Waals surface area (Å²) in [6.45, 7) is 8.11. The van der Waals surface area contributed by atoms with Crippen molar-refractivity contribution in [3.05, 3.63) is 0 Å². The lowest BCUT2D eigenvalue weighted by Gasteiger charge is -2.32. The van der Waals surface area contributed by atoms with Crippen LogP contribution in [0.3, 0.4) is 0 Å². The van der Waals surface area contributed by atoms with Crippen molar-refractivity contribution in [1.82, 2.24) is 4.90 Å². The normalized spacial score (nSPS) is 33.4. The third kappa shape index (κ3) is 2.69. The fourth-order valence-corrected chi connectivity index (χ4v) is 4.26. The third-order valence-corrected chi connectivity index (χ3v) is 5.11. The zero-order chi connectivity index (χ0) is 10.9. The van der Waals surface area contributed by atoms with Gasteiger partial charge in [-0.2, -0.15) is 11.8 Å². The van der Waals surface area contributed by atoms with Gasteiger partial charge in [-0.15, -0.1) is 0 Å². The van der Waals surface area contributed by atoms with E-state index < -0.39 is 0 Å². The molecule has 2 heterocycles. The van der Waals surface area contributed by atoms with Gasteiger partial charge < -0.3 is 5.73 Å². The highest BCUT2D eigenvalue weighted by Crippen LogP contribution is 2.35. The van der Waals surface area contributed by atoms with Gasteiger partial charge in [-0.3, -0.25) is 4.90 Å². The predicted molar refractivity (Wildman–Crippen MR) is 68.2 cm³/mol. The minimum Gasteiger partial charge on any atom is -0.329 e. The highest BCUT2D eigenvalue weighted by Gasteiger charge is 2.36. The highest BCUT2D eigenvalue weighted by atomic mass is 32.2. The van der Waals surface area contributed by atoms with Crippen LogP contribution in [0.2, 0.25) is 0 Å². The molecule has 3 heteroatoms. The molecular formula is C12H24N2S. The molecule has 0 aromatic rings. The Kier molecular flexibility index (Phi) is 3.63. The Balaban J connectivity index is 1.95. The van der Waals surface area contributed by atoms with Gasteiger partial charge in [-0.05, 0) is 42.2 Å². The zero-order valence-electron chi connectivity index (χ0n) is 10.0. The Morgan fingerprint density at radius 2 is 2.33 bits per heavy atom. The number of rotatable bonds is 3. The van der Waals surface area contributed by atoms with Crippen LogP contribution in [-0.4, -0.2) is 42.1 Å². The maximum atomic E-state index is 5.97. The molecule has 2 nitrogen and oxygen atoms in total. The van der Waals surface area contributed by atoms with E-state index in [4.69, 9.17) is 5.73 Å². The molecule has 0 aromatic carbocycles. The summed E-state index contributed by atoms with van der Waals surface area (Å²) < 4.78 is 0. The van der Waals surface area contributed by atoms with E-state index in [1.54, 1.807) is 0 Å². The molecule has 0 radical (unpaired) electrons. The standard InChI is InChI=1S/C12H24N2S/c1-12(2)4-5-14(9-12)11(7-13)10-3-6-15-8-10/h10-11H,3-9,13H2,1-2H3. The molecule has 88 valence electrons. The van der Waals surface area contributed by atoms with E-state index in [0.717, 1.165) is 12.5 Å². The van der Waals surface area contributed by atoms with Gasteiger partial charge in [-0.1, -0.05) is 13.8 Å². The van der Waals surface area contributed by atoms with Crippen LogP contribution in [-0.2, 0) is 0 Å². The van der Waals surface area contributed by atoms with Gasteiger partial charge in [0.2, 0.25) is 0 Å². The Bertz CT molecular complexity index is 212. The van der Waals surface area contributed by atoms with Crippen molar-refractivity contribution in [3.63, 3.8) is 0 Å². The van der Waals surface area contributed by atoms with Gasteiger partial charge in [0.05, 0.1) is 0 Å². The minimum atomic E-state index is 0.513. The summed E-state index contributed by atoms with van der Waals surface area (Å²) in [6.07, 6.45) is 2.72. The monoisotopic (exact) mass is 228 g/mol. The molecule has 2 saturated heterocycles. The number of nitrogens with zero attached hydrogens (tertiary/aromatic N) is 1. The second-order valence-electron chi connectivity index (χ2n) is 5.81. The van der Waals surface area contributed by atoms with E-state index in [1.807, 2.05) is 0 Å². The minimum absolute atomic E-state index is 0.513. The summed E-state index contributed by atoms with van der Waals surface area (Å²) in [5.74, 6) is 3.53. The Labute approximate surface area is 98.0 Å². The lowest BCUT2D eigenvalue weighted by Crippen LogP contribution is -2.45. The molecule has 0 spiro atoms. The average molecular weight is 228 g/mol. The number of hydrogen-bond acceptors (Lipinski definition) is 3. The Hall–Kier alpha value is 0.270. The van der Waals surface area contributed by atoms with Crippen LogP contribution in [0.15, 0.2) is 0 Å². The van der Waals surface area contributed by atoms with Crippen molar-refractivity contribution in [3.8, 4) is 0 Å².